The zero-order chi connectivity index (χ0) is 31.6. The fourth-order valence-corrected chi connectivity index (χ4v) is 7.61. The summed E-state index contributed by atoms with van der Waals surface area (Å²) in [6, 6.07) is 9.70. The predicted octanol–water partition coefficient (Wildman–Crippen LogP) is 10.2. The number of hydrogen-bond donors (Lipinski definition) is 0. The van der Waals surface area contributed by atoms with Gasteiger partial charge in [-0.1, -0.05) is 99.4 Å². The Morgan fingerprint density at radius 3 is 1.76 bits per heavy atom. The lowest BCUT2D eigenvalue weighted by Gasteiger charge is -2.40. The van der Waals surface area contributed by atoms with Crippen LogP contribution in [0.3, 0.4) is 0 Å². The minimum atomic E-state index is 0.418. The lowest BCUT2D eigenvalue weighted by atomic mass is 9.71. The topological polar surface area (TPSA) is 21.7 Å². The van der Waals surface area contributed by atoms with Crippen LogP contribution in [0.15, 0.2) is 24.3 Å². The van der Waals surface area contributed by atoms with Crippen LogP contribution in [0.1, 0.15) is 131 Å². The van der Waals surface area contributed by atoms with E-state index in [1.165, 1.54) is 70.6 Å². The number of likely N-dealkylation sites (N-methyl/N-ethyl adjacent to an activating group) is 1. The zero-order valence-electron chi connectivity index (χ0n) is 30.2. The molecule has 1 aromatic carbocycles. The summed E-state index contributed by atoms with van der Waals surface area (Å²) >= 11 is 0. The number of methoxy groups -OCH3 is 2. The summed E-state index contributed by atoms with van der Waals surface area (Å²) in [6.45, 7) is 23.2. The van der Waals surface area contributed by atoms with Gasteiger partial charge in [-0.3, -0.25) is 0 Å². The Labute approximate surface area is 262 Å². The Hall–Kier alpha value is -0.900. The van der Waals surface area contributed by atoms with Crippen LogP contribution in [-0.2, 0) is 22.3 Å². The van der Waals surface area contributed by atoms with Crippen molar-refractivity contribution in [3.63, 3.8) is 0 Å². The van der Waals surface area contributed by atoms with E-state index < -0.39 is 0 Å². The molecule has 2 fully saturated rings. The monoisotopic (exact) mass is 586 g/mol. The largest absolute Gasteiger partial charge is 0.383 e. The molecule has 3 aliphatic carbocycles. The fourth-order valence-electron chi connectivity index (χ4n) is 7.61. The summed E-state index contributed by atoms with van der Waals surface area (Å²) in [5.74, 6) is 2.54. The minimum absolute atomic E-state index is 0.418. The van der Waals surface area contributed by atoms with Gasteiger partial charge in [0.15, 0.2) is 0 Å². The standard InChI is InChI=1S/C14H29NO.C14H20.C11H22O/c1-14(2,3)12-6-8-13(9-7-12)15(4)10-11-16-5;1-14(2,3)13-9-8-11-6-4-5-7-12(11)10-13;1-11(2,3)9-7-5-6-8-10(9)12-4/h12-13H,6-11H2,1-5H3;4-7,13H,8-10H2,1-3H3;9-10H,5-8H2,1-4H3. The Balaban J connectivity index is 0.000000222. The van der Waals surface area contributed by atoms with Crippen LogP contribution in [0.25, 0.3) is 0 Å². The molecule has 244 valence electrons. The SMILES string of the molecule is CC(C)(C)C1CCc2ccccc2C1.COC1CCCCC1C(C)(C)C.COCCN(C)C1CCC(C(C)(C)C)CC1. The van der Waals surface area contributed by atoms with Gasteiger partial charge in [-0.15, -0.1) is 0 Å². The molecule has 3 aliphatic rings. The summed E-state index contributed by atoms with van der Waals surface area (Å²) in [6.07, 6.45) is 15.3. The second kappa shape index (κ2) is 17.0. The van der Waals surface area contributed by atoms with Crippen molar-refractivity contribution in [3.8, 4) is 0 Å². The van der Waals surface area contributed by atoms with Crippen molar-refractivity contribution < 1.29 is 9.47 Å². The molecule has 0 N–H and O–H groups in total. The number of rotatable bonds is 5. The van der Waals surface area contributed by atoms with Crippen LogP contribution in [0.2, 0.25) is 0 Å². The molecule has 3 unspecified atom stereocenters. The molecular weight excluding hydrogens is 514 g/mol. The zero-order valence-corrected chi connectivity index (χ0v) is 30.2. The number of nitrogens with zero attached hydrogens (tertiary/aromatic N) is 1. The van der Waals surface area contributed by atoms with Gasteiger partial charge in [0, 0.05) is 26.8 Å². The highest BCUT2D eigenvalue weighted by atomic mass is 16.5. The van der Waals surface area contributed by atoms with Crippen molar-refractivity contribution in [3.05, 3.63) is 35.4 Å². The number of aryl methyl sites for hydroxylation is 1. The van der Waals surface area contributed by atoms with E-state index >= 15 is 0 Å². The fraction of sp³-hybridized carbons (Fsp3) is 0.846. The first-order valence-electron chi connectivity index (χ1n) is 17.4. The smallest absolute Gasteiger partial charge is 0.0604 e. The van der Waals surface area contributed by atoms with E-state index in [0.29, 0.717) is 22.3 Å². The van der Waals surface area contributed by atoms with E-state index in [1.807, 2.05) is 7.11 Å². The number of benzene rings is 1. The molecule has 0 saturated heterocycles. The molecule has 1 aromatic rings. The van der Waals surface area contributed by atoms with E-state index in [2.05, 4.69) is 98.5 Å². The summed E-state index contributed by atoms with van der Waals surface area (Å²) in [4.78, 5) is 2.47. The van der Waals surface area contributed by atoms with E-state index in [-0.39, 0.29) is 0 Å². The van der Waals surface area contributed by atoms with Crippen molar-refractivity contribution in [2.45, 2.75) is 145 Å². The summed E-state index contributed by atoms with van der Waals surface area (Å²) < 4.78 is 10.7. The highest BCUT2D eigenvalue weighted by Crippen LogP contribution is 2.40. The molecule has 0 heterocycles. The van der Waals surface area contributed by atoms with Crippen LogP contribution in [-0.4, -0.2) is 51.5 Å². The highest BCUT2D eigenvalue weighted by Gasteiger charge is 2.34. The Morgan fingerprint density at radius 1 is 0.690 bits per heavy atom. The van der Waals surface area contributed by atoms with Crippen LogP contribution >= 0.6 is 0 Å². The Kier molecular flexibility index (Phi) is 15.1. The molecule has 0 aliphatic heterocycles. The van der Waals surface area contributed by atoms with Crippen molar-refractivity contribution in [2.24, 2.45) is 34.0 Å². The molecule has 0 aromatic heterocycles. The van der Waals surface area contributed by atoms with Crippen molar-refractivity contribution in [1.82, 2.24) is 4.90 Å². The van der Waals surface area contributed by atoms with Crippen molar-refractivity contribution in [1.29, 1.82) is 0 Å². The second-order valence-corrected chi connectivity index (χ2v) is 17.0. The first kappa shape index (κ1) is 37.3. The molecule has 42 heavy (non-hydrogen) atoms. The molecule has 3 nitrogen and oxygen atoms in total. The van der Waals surface area contributed by atoms with Gasteiger partial charge in [-0.05, 0) is 110 Å². The average molecular weight is 586 g/mol. The van der Waals surface area contributed by atoms with Crippen LogP contribution in [0, 0.1) is 34.0 Å². The molecule has 3 heteroatoms. The van der Waals surface area contributed by atoms with E-state index in [0.717, 1.165) is 36.9 Å². The number of hydrogen-bond acceptors (Lipinski definition) is 3. The molecule has 0 bridgehead atoms. The molecule has 0 radical (unpaired) electrons. The number of ether oxygens (including phenoxy) is 2. The maximum atomic E-state index is 5.53. The van der Waals surface area contributed by atoms with Gasteiger partial charge in [0.1, 0.15) is 0 Å². The van der Waals surface area contributed by atoms with Crippen molar-refractivity contribution >= 4 is 0 Å². The van der Waals surface area contributed by atoms with Gasteiger partial charge in [0.2, 0.25) is 0 Å². The van der Waals surface area contributed by atoms with Gasteiger partial charge in [-0.25, -0.2) is 0 Å². The predicted molar refractivity (Wildman–Crippen MR) is 183 cm³/mol. The lowest BCUT2D eigenvalue weighted by Crippen LogP contribution is -2.39. The van der Waals surface area contributed by atoms with Crippen molar-refractivity contribution in [2.75, 3.05) is 34.4 Å². The molecule has 0 amide bonds. The molecule has 0 spiro atoms. The molecule has 2 saturated carbocycles. The van der Waals surface area contributed by atoms with Gasteiger partial charge in [0.25, 0.3) is 0 Å². The third kappa shape index (κ3) is 12.2. The third-order valence-corrected chi connectivity index (χ3v) is 10.9. The molecular formula is C39H71NO2. The molecule has 3 atom stereocenters. The van der Waals surface area contributed by atoms with Crippen LogP contribution in [0.4, 0.5) is 0 Å². The highest BCUT2D eigenvalue weighted by molar-refractivity contribution is 5.30. The maximum absolute atomic E-state index is 5.53. The number of fused-ring (bicyclic) bond motifs is 1. The van der Waals surface area contributed by atoms with Gasteiger partial charge in [0.05, 0.1) is 12.7 Å². The van der Waals surface area contributed by atoms with E-state index in [9.17, 15) is 0 Å². The van der Waals surface area contributed by atoms with Crippen LogP contribution < -0.4 is 0 Å². The Bertz CT molecular complexity index is 866. The van der Waals surface area contributed by atoms with Gasteiger partial charge < -0.3 is 14.4 Å². The lowest BCUT2D eigenvalue weighted by molar-refractivity contribution is -0.0217. The summed E-state index contributed by atoms with van der Waals surface area (Å²) in [7, 11) is 5.88. The normalized spacial score (nSPS) is 26.8. The van der Waals surface area contributed by atoms with Gasteiger partial charge in [-0.2, -0.15) is 0 Å². The summed E-state index contributed by atoms with van der Waals surface area (Å²) in [5, 5.41) is 0. The minimum Gasteiger partial charge on any atom is -0.383 e. The Morgan fingerprint density at radius 2 is 1.26 bits per heavy atom. The average Bonchev–Trinajstić information content (AvgIpc) is 2.95. The second-order valence-electron chi connectivity index (χ2n) is 17.0. The third-order valence-electron chi connectivity index (χ3n) is 10.9. The van der Waals surface area contributed by atoms with Gasteiger partial charge >= 0.3 is 0 Å². The van der Waals surface area contributed by atoms with E-state index in [1.54, 1.807) is 18.2 Å². The first-order valence-corrected chi connectivity index (χ1v) is 17.4. The summed E-state index contributed by atoms with van der Waals surface area (Å²) in [5.41, 5.74) is 4.54. The van der Waals surface area contributed by atoms with Crippen LogP contribution in [0.5, 0.6) is 0 Å². The molecule has 4 rings (SSSR count). The first-order chi connectivity index (χ1) is 19.6. The van der Waals surface area contributed by atoms with E-state index in [4.69, 9.17) is 9.47 Å². The maximum Gasteiger partial charge on any atom is 0.0604 e. The quantitative estimate of drug-likeness (QED) is 0.343.